The van der Waals surface area contributed by atoms with Crippen LogP contribution >= 0.6 is 27.7 Å². The molecule has 1 aliphatic heterocycles. The topological polar surface area (TPSA) is 50.5 Å². The molecule has 0 bridgehead atoms. The summed E-state index contributed by atoms with van der Waals surface area (Å²) in [5.74, 6) is 0.919. The molecule has 3 rings (SSSR count). The maximum atomic E-state index is 12.1. The SMILES string of the molecule is C=CCN1C(=O)S/C(=C/c2ccc(-c3ccc(Br)cc3)o2)C1=O. The van der Waals surface area contributed by atoms with Crippen molar-refractivity contribution in [3.05, 3.63) is 64.2 Å². The summed E-state index contributed by atoms with van der Waals surface area (Å²) in [6, 6.07) is 11.3. The molecule has 0 N–H and O–H groups in total. The zero-order chi connectivity index (χ0) is 16.4. The molecular formula is C17H12BrNO3S. The van der Waals surface area contributed by atoms with Crippen molar-refractivity contribution in [1.82, 2.24) is 4.90 Å². The van der Waals surface area contributed by atoms with E-state index in [2.05, 4.69) is 22.5 Å². The number of thioether (sulfide) groups is 1. The first-order valence-corrected chi connectivity index (χ1v) is 8.41. The number of halogens is 1. The monoisotopic (exact) mass is 389 g/mol. The molecule has 1 fully saturated rings. The number of nitrogens with zero attached hydrogens (tertiary/aromatic N) is 1. The van der Waals surface area contributed by atoms with Crippen molar-refractivity contribution in [2.45, 2.75) is 0 Å². The first-order valence-electron chi connectivity index (χ1n) is 6.80. The minimum Gasteiger partial charge on any atom is -0.457 e. The summed E-state index contributed by atoms with van der Waals surface area (Å²) >= 11 is 4.30. The quantitative estimate of drug-likeness (QED) is 0.549. The van der Waals surface area contributed by atoms with Crippen LogP contribution in [0.4, 0.5) is 4.79 Å². The number of hydrogen-bond acceptors (Lipinski definition) is 4. The molecule has 1 aromatic carbocycles. The van der Waals surface area contributed by atoms with Crippen molar-refractivity contribution >= 4 is 44.9 Å². The predicted molar refractivity (Wildman–Crippen MR) is 94.7 cm³/mol. The van der Waals surface area contributed by atoms with Gasteiger partial charge in [0.25, 0.3) is 11.1 Å². The van der Waals surface area contributed by atoms with Gasteiger partial charge in [-0.2, -0.15) is 0 Å². The van der Waals surface area contributed by atoms with E-state index in [9.17, 15) is 9.59 Å². The number of furan rings is 1. The molecule has 0 spiro atoms. The minimum atomic E-state index is -0.318. The van der Waals surface area contributed by atoms with Gasteiger partial charge in [0.1, 0.15) is 11.5 Å². The summed E-state index contributed by atoms with van der Waals surface area (Å²) < 4.78 is 6.73. The van der Waals surface area contributed by atoms with Crippen LogP contribution in [0, 0.1) is 0 Å². The van der Waals surface area contributed by atoms with Gasteiger partial charge in [-0.1, -0.05) is 34.1 Å². The minimum absolute atomic E-state index is 0.213. The maximum absolute atomic E-state index is 12.1. The van der Waals surface area contributed by atoms with E-state index in [1.807, 2.05) is 30.3 Å². The fourth-order valence-corrected chi connectivity index (χ4v) is 3.21. The average Bonchev–Trinajstić information content (AvgIpc) is 3.09. The molecule has 1 saturated heterocycles. The van der Waals surface area contributed by atoms with Crippen molar-refractivity contribution in [2.24, 2.45) is 0 Å². The Hall–Kier alpha value is -2.05. The Labute approximate surface area is 146 Å². The lowest BCUT2D eigenvalue weighted by Gasteiger charge is -2.07. The summed E-state index contributed by atoms with van der Waals surface area (Å²) in [5.41, 5.74) is 0.938. The third-order valence-electron chi connectivity index (χ3n) is 3.21. The van der Waals surface area contributed by atoms with E-state index < -0.39 is 0 Å². The van der Waals surface area contributed by atoms with Crippen LogP contribution < -0.4 is 0 Å². The Morgan fingerprint density at radius 3 is 2.61 bits per heavy atom. The fraction of sp³-hybridized carbons (Fsp3) is 0.0588. The molecular weight excluding hydrogens is 378 g/mol. The highest BCUT2D eigenvalue weighted by Gasteiger charge is 2.34. The Bertz CT molecular complexity index is 808. The Balaban J connectivity index is 1.84. The van der Waals surface area contributed by atoms with Gasteiger partial charge >= 0.3 is 0 Å². The smallest absolute Gasteiger partial charge is 0.293 e. The van der Waals surface area contributed by atoms with Crippen LogP contribution in [0.3, 0.4) is 0 Å². The summed E-state index contributed by atoms with van der Waals surface area (Å²) in [4.78, 5) is 25.4. The van der Waals surface area contributed by atoms with Gasteiger partial charge < -0.3 is 4.42 Å². The lowest BCUT2D eigenvalue weighted by atomic mass is 10.2. The van der Waals surface area contributed by atoms with E-state index in [-0.39, 0.29) is 17.7 Å². The van der Waals surface area contributed by atoms with Crippen molar-refractivity contribution in [3.63, 3.8) is 0 Å². The van der Waals surface area contributed by atoms with Crippen molar-refractivity contribution < 1.29 is 14.0 Å². The number of imide groups is 1. The first-order chi connectivity index (χ1) is 11.1. The highest BCUT2D eigenvalue weighted by atomic mass is 79.9. The molecule has 116 valence electrons. The summed E-state index contributed by atoms with van der Waals surface area (Å²) in [6.07, 6.45) is 3.12. The summed E-state index contributed by atoms with van der Waals surface area (Å²) in [6.45, 7) is 3.76. The van der Waals surface area contributed by atoms with E-state index in [1.54, 1.807) is 12.1 Å². The van der Waals surface area contributed by atoms with Crippen LogP contribution in [0.25, 0.3) is 17.4 Å². The van der Waals surface area contributed by atoms with E-state index in [4.69, 9.17) is 4.42 Å². The number of benzene rings is 1. The molecule has 2 heterocycles. The second-order valence-electron chi connectivity index (χ2n) is 4.79. The van der Waals surface area contributed by atoms with E-state index >= 15 is 0 Å². The van der Waals surface area contributed by atoms with Crippen molar-refractivity contribution in [2.75, 3.05) is 6.54 Å². The lowest BCUT2D eigenvalue weighted by molar-refractivity contribution is -0.122. The predicted octanol–water partition coefficient (Wildman–Crippen LogP) is 4.93. The van der Waals surface area contributed by atoms with Gasteiger partial charge in [0.2, 0.25) is 0 Å². The Morgan fingerprint density at radius 1 is 1.17 bits per heavy atom. The maximum Gasteiger partial charge on any atom is 0.293 e. The number of carbonyl (C=O) groups excluding carboxylic acids is 2. The van der Waals surface area contributed by atoms with Crippen LogP contribution in [-0.2, 0) is 4.79 Å². The third-order valence-corrected chi connectivity index (χ3v) is 4.65. The number of rotatable bonds is 4. The first kappa shape index (κ1) is 15.8. The van der Waals surface area contributed by atoms with Gasteiger partial charge in [0, 0.05) is 22.7 Å². The molecule has 0 aliphatic carbocycles. The van der Waals surface area contributed by atoms with Crippen LogP contribution in [0.1, 0.15) is 5.76 Å². The van der Waals surface area contributed by atoms with Crippen LogP contribution in [0.15, 0.2) is 62.8 Å². The third kappa shape index (κ3) is 3.33. The van der Waals surface area contributed by atoms with Gasteiger partial charge in [0.05, 0.1) is 4.91 Å². The molecule has 4 nitrogen and oxygen atoms in total. The normalized spacial score (nSPS) is 16.4. The molecule has 0 unspecified atom stereocenters. The zero-order valence-corrected chi connectivity index (χ0v) is 14.4. The van der Waals surface area contributed by atoms with Gasteiger partial charge in [-0.05, 0) is 36.0 Å². The molecule has 0 atom stereocenters. The number of amides is 2. The molecule has 0 saturated carbocycles. The molecule has 1 aromatic heterocycles. The second-order valence-corrected chi connectivity index (χ2v) is 6.70. The highest BCUT2D eigenvalue weighted by molar-refractivity contribution is 9.10. The summed E-state index contributed by atoms with van der Waals surface area (Å²) in [5, 5.41) is -0.291. The largest absolute Gasteiger partial charge is 0.457 e. The number of hydrogen-bond donors (Lipinski definition) is 0. The van der Waals surface area contributed by atoms with Crippen LogP contribution in [0.5, 0.6) is 0 Å². The second kappa shape index (κ2) is 6.60. The lowest BCUT2D eigenvalue weighted by Crippen LogP contribution is -2.27. The Kier molecular flexibility index (Phi) is 4.54. The number of carbonyl (C=O) groups is 2. The van der Waals surface area contributed by atoms with Gasteiger partial charge in [-0.15, -0.1) is 6.58 Å². The highest BCUT2D eigenvalue weighted by Crippen LogP contribution is 2.33. The van der Waals surface area contributed by atoms with Gasteiger partial charge in [-0.3, -0.25) is 14.5 Å². The van der Waals surface area contributed by atoms with Crippen LogP contribution in [-0.4, -0.2) is 22.6 Å². The van der Waals surface area contributed by atoms with E-state index in [0.717, 1.165) is 26.7 Å². The summed E-state index contributed by atoms with van der Waals surface area (Å²) in [7, 11) is 0. The Morgan fingerprint density at radius 2 is 1.91 bits per heavy atom. The zero-order valence-electron chi connectivity index (χ0n) is 12.0. The fourth-order valence-electron chi connectivity index (χ4n) is 2.12. The van der Waals surface area contributed by atoms with E-state index in [0.29, 0.717) is 16.4 Å². The molecule has 2 amide bonds. The molecule has 23 heavy (non-hydrogen) atoms. The molecule has 0 radical (unpaired) electrons. The average molecular weight is 390 g/mol. The van der Waals surface area contributed by atoms with E-state index in [1.165, 1.54) is 6.08 Å². The van der Waals surface area contributed by atoms with Crippen molar-refractivity contribution in [1.29, 1.82) is 0 Å². The standard InChI is InChI=1S/C17H12BrNO3S/c1-2-9-19-16(20)15(23-17(19)21)10-13-7-8-14(22-13)11-3-5-12(18)6-4-11/h2-8,10H,1,9H2/b15-10+. The van der Waals surface area contributed by atoms with Crippen LogP contribution in [0.2, 0.25) is 0 Å². The molecule has 2 aromatic rings. The molecule has 6 heteroatoms. The van der Waals surface area contributed by atoms with Gasteiger partial charge in [0.15, 0.2) is 0 Å². The van der Waals surface area contributed by atoms with Crippen molar-refractivity contribution in [3.8, 4) is 11.3 Å². The molecule has 1 aliphatic rings. The van der Waals surface area contributed by atoms with Gasteiger partial charge in [-0.25, -0.2) is 0 Å².